The molecule has 0 spiro atoms. The lowest BCUT2D eigenvalue weighted by atomic mass is 10.1. The van der Waals surface area contributed by atoms with Gasteiger partial charge in [0.1, 0.15) is 5.75 Å². The van der Waals surface area contributed by atoms with Crippen molar-refractivity contribution >= 4 is 11.3 Å². The molecule has 0 aliphatic heterocycles. The lowest BCUT2D eigenvalue weighted by molar-refractivity contribution is 0.315. The number of hydrogen-bond acceptors (Lipinski definition) is 6. The van der Waals surface area contributed by atoms with Crippen molar-refractivity contribution in [2.24, 2.45) is 5.84 Å². The van der Waals surface area contributed by atoms with Gasteiger partial charge in [-0.3, -0.25) is 10.8 Å². The minimum absolute atomic E-state index is 0.108. The van der Waals surface area contributed by atoms with E-state index in [2.05, 4.69) is 22.3 Å². The molecule has 0 fully saturated rings. The van der Waals surface area contributed by atoms with E-state index in [1.54, 1.807) is 23.7 Å². The first-order chi connectivity index (χ1) is 9.24. The number of nitrogens with two attached hydrogens (primary N) is 1. The minimum atomic E-state index is -0.108. The van der Waals surface area contributed by atoms with Gasteiger partial charge in [0.2, 0.25) is 0 Å². The number of hydrazine groups is 1. The van der Waals surface area contributed by atoms with Gasteiger partial charge >= 0.3 is 0 Å². The molecular formula is C13H18N4OS. The summed E-state index contributed by atoms with van der Waals surface area (Å²) in [6.07, 6.45) is 6.31. The van der Waals surface area contributed by atoms with Crippen LogP contribution in [0.15, 0.2) is 24.7 Å². The quantitative estimate of drug-likeness (QED) is 0.626. The van der Waals surface area contributed by atoms with E-state index in [4.69, 9.17) is 10.6 Å². The summed E-state index contributed by atoms with van der Waals surface area (Å²) in [6, 6.07) is 1.85. The Bertz CT molecular complexity index is 529. The molecule has 2 heterocycles. The van der Waals surface area contributed by atoms with Gasteiger partial charge in [-0.2, -0.15) is 0 Å². The van der Waals surface area contributed by atoms with E-state index in [1.165, 1.54) is 0 Å². The Morgan fingerprint density at radius 2 is 2.26 bits per heavy atom. The summed E-state index contributed by atoms with van der Waals surface area (Å²) >= 11 is 1.62. The molecular weight excluding hydrogens is 260 g/mol. The Balaban J connectivity index is 2.23. The number of hydrogen-bond donors (Lipinski definition) is 2. The topological polar surface area (TPSA) is 73.1 Å². The van der Waals surface area contributed by atoms with Crippen LogP contribution in [0.1, 0.15) is 34.8 Å². The molecule has 3 N–H and O–H groups in total. The molecule has 0 bridgehead atoms. The standard InChI is InChI=1S/C13H18N4OS/c1-3-4-18-11-5-10(6-15-7-11)13(17-14)12-8-16-9(2)19-12/h5-8,13,17H,3-4,14H2,1-2H3. The molecule has 2 rings (SSSR count). The van der Waals surface area contributed by atoms with E-state index >= 15 is 0 Å². The molecule has 0 saturated carbocycles. The average Bonchev–Trinajstić information content (AvgIpc) is 2.84. The smallest absolute Gasteiger partial charge is 0.137 e. The van der Waals surface area contributed by atoms with Crippen molar-refractivity contribution in [3.8, 4) is 5.75 Å². The highest BCUT2D eigenvalue weighted by Gasteiger charge is 2.16. The maximum Gasteiger partial charge on any atom is 0.137 e. The van der Waals surface area contributed by atoms with E-state index in [-0.39, 0.29) is 6.04 Å². The van der Waals surface area contributed by atoms with Crippen LogP contribution in [0.4, 0.5) is 0 Å². The van der Waals surface area contributed by atoms with E-state index in [1.807, 2.05) is 19.2 Å². The Hall–Kier alpha value is -1.50. The largest absolute Gasteiger partial charge is 0.492 e. The van der Waals surface area contributed by atoms with Crippen LogP contribution in [0, 0.1) is 6.92 Å². The van der Waals surface area contributed by atoms with Gasteiger partial charge in [0.25, 0.3) is 0 Å². The molecule has 0 aliphatic rings. The van der Waals surface area contributed by atoms with Crippen LogP contribution in [0.3, 0.4) is 0 Å². The Morgan fingerprint density at radius 1 is 1.42 bits per heavy atom. The van der Waals surface area contributed by atoms with Crippen molar-refractivity contribution in [3.05, 3.63) is 40.1 Å². The average molecular weight is 278 g/mol. The number of pyridine rings is 1. The molecule has 1 atom stereocenters. The van der Waals surface area contributed by atoms with Gasteiger partial charge in [-0.25, -0.2) is 10.4 Å². The molecule has 2 aromatic heterocycles. The second-order valence-corrected chi connectivity index (χ2v) is 5.45. The Kier molecular flexibility index (Phi) is 4.84. The molecule has 6 heteroatoms. The van der Waals surface area contributed by atoms with Crippen LogP contribution < -0.4 is 16.0 Å². The third-order valence-electron chi connectivity index (χ3n) is 2.63. The van der Waals surface area contributed by atoms with Gasteiger partial charge in [0, 0.05) is 17.3 Å². The summed E-state index contributed by atoms with van der Waals surface area (Å²) in [7, 11) is 0. The maximum absolute atomic E-state index is 5.66. The number of thiazole rings is 1. The van der Waals surface area contributed by atoms with Crippen LogP contribution in [-0.4, -0.2) is 16.6 Å². The first kappa shape index (κ1) is 13.9. The fraction of sp³-hybridized carbons (Fsp3) is 0.385. The summed E-state index contributed by atoms with van der Waals surface area (Å²) < 4.78 is 5.59. The molecule has 0 aromatic carbocycles. The van der Waals surface area contributed by atoms with Crippen molar-refractivity contribution in [2.75, 3.05) is 6.61 Å². The third kappa shape index (κ3) is 3.50. The fourth-order valence-corrected chi connectivity index (χ4v) is 2.62. The summed E-state index contributed by atoms with van der Waals surface area (Å²) in [5.74, 6) is 6.42. The van der Waals surface area contributed by atoms with Gasteiger partial charge in [-0.15, -0.1) is 11.3 Å². The van der Waals surface area contributed by atoms with Crippen molar-refractivity contribution in [1.29, 1.82) is 0 Å². The number of aryl methyl sites for hydroxylation is 1. The number of nitrogens with one attached hydrogen (secondary N) is 1. The molecule has 2 aromatic rings. The molecule has 19 heavy (non-hydrogen) atoms. The predicted octanol–water partition coefficient (Wildman–Crippen LogP) is 2.19. The highest BCUT2D eigenvalue weighted by Crippen LogP contribution is 2.27. The van der Waals surface area contributed by atoms with Crippen molar-refractivity contribution in [3.63, 3.8) is 0 Å². The third-order valence-corrected chi connectivity index (χ3v) is 3.61. The highest BCUT2D eigenvalue weighted by atomic mass is 32.1. The molecule has 0 aliphatic carbocycles. The minimum Gasteiger partial charge on any atom is -0.492 e. The van der Waals surface area contributed by atoms with Gasteiger partial charge < -0.3 is 4.74 Å². The first-order valence-corrected chi connectivity index (χ1v) is 7.02. The van der Waals surface area contributed by atoms with Gasteiger partial charge in [0.15, 0.2) is 0 Å². The number of ether oxygens (including phenoxy) is 1. The zero-order chi connectivity index (χ0) is 13.7. The normalized spacial score (nSPS) is 12.4. The first-order valence-electron chi connectivity index (χ1n) is 6.20. The summed E-state index contributed by atoms with van der Waals surface area (Å²) in [6.45, 7) is 4.73. The van der Waals surface area contributed by atoms with E-state index in [0.29, 0.717) is 6.61 Å². The molecule has 102 valence electrons. The lowest BCUT2D eigenvalue weighted by Crippen LogP contribution is -2.28. The number of rotatable bonds is 6. The van der Waals surface area contributed by atoms with Crippen LogP contribution in [0.25, 0.3) is 0 Å². The van der Waals surface area contributed by atoms with E-state index < -0.39 is 0 Å². The number of aromatic nitrogens is 2. The van der Waals surface area contributed by atoms with Crippen molar-refractivity contribution < 1.29 is 4.74 Å². The summed E-state index contributed by atoms with van der Waals surface area (Å²) in [5, 5.41) is 1.02. The molecule has 1 unspecified atom stereocenters. The Morgan fingerprint density at radius 3 is 2.89 bits per heavy atom. The molecule has 0 radical (unpaired) electrons. The highest BCUT2D eigenvalue weighted by molar-refractivity contribution is 7.11. The lowest BCUT2D eigenvalue weighted by Gasteiger charge is -2.15. The second kappa shape index (κ2) is 6.60. The fourth-order valence-electron chi connectivity index (χ4n) is 1.75. The Labute approximate surface area is 116 Å². The van der Waals surface area contributed by atoms with E-state index in [9.17, 15) is 0 Å². The van der Waals surface area contributed by atoms with Crippen molar-refractivity contribution in [1.82, 2.24) is 15.4 Å². The van der Waals surface area contributed by atoms with E-state index in [0.717, 1.165) is 27.6 Å². The monoisotopic (exact) mass is 278 g/mol. The summed E-state index contributed by atoms with van der Waals surface area (Å²) in [4.78, 5) is 9.52. The molecule has 5 nitrogen and oxygen atoms in total. The zero-order valence-corrected chi connectivity index (χ0v) is 11.9. The van der Waals surface area contributed by atoms with Gasteiger partial charge in [-0.05, 0) is 25.0 Å². The summed E-state index contributed by atoms with van der Waals surface area (Å²) in [5.41, 5.74) is 3.78. The van der Waals surface area contributed by atoms with Crippen LogP contribution in [0.2, 0.25) is 0 Å². The number of nitrogens with zero attached hydrogens (tertiary/aromatic N) is 2. The van der Waals surface area contributed by atoms with Gasteiger partial charge in [-0.1, -0.05) is 6.92 Å². The molecule has 0 amide bonds. The predicted molar refractivity (Wildman–Crippen MR) is 76.0 cm³/mol. The zero-order valence-electron chi connectivity index (χ0n) is 11.1. The SMILES string of the molecule is CCCOc1cncc(C(NN)c2cnc(C)s2)c1. The van der Waals surface area contributed by atoms with Crippen LogP contribution >= 0.6 is 11.3 Å². The van der Waals surface area contributed by atoms with Crippen LogP contribution in [-0.2, 0) is 0 Å². The van der Waals surface area contributed by atoms with Crippen LogP contribution in [0.5, 0.6) is 5.75 Å². The van der Waals surface area contributed by atoms with Crippen molar-refractivity contribution in [2.45, 2.75) is 26.3 Å². The van der Waals surface area contributed by atoms with Gasteiger partial charge in [0.05, 0.1) is 23.9 Å². The maximum atomic E-state index is 5.66. The second-order valence-electron chi connectivity index (χ2n) is 4.18. The molecule has 0 saturated heterocycles.